The molecule has 0 saturated carbocycles. The molecule has 0 saturated heterocycles. The maximum absolute atomic E-state index is 11.0. The van der Waals surface area contributed by atoms with E-state index in [2.05, 4.69) is 19.2 Å². The topological polar surface area (TPSA) is 64.4 Å². The standard InChI is InChI=1S/C15H24N2O3/c1-4-10-16-13(5-2)8-6-12-7-9-15(20-3)14(11-12)17(18)19/h7,9,11,13,16H,4-6,8,10H2,1-3H3. The highest BCUT2D eigenvalue weighted by Gasteiger charge is 2.15. The number of aryl methyl sites for hydroxylation is 1. The van der Waals surface area contributed by atoms with Crippen molar-refractivity contribution in [2.24, 2.45) is 0 Å². The summed E-state index contributed by atoms with van der Waals surface area (Å²) in [6, 6.07) is 5.66. The van der Waals surface area contributed by atoms with Crippen molar-refractivity contribution in [1.82, 2.24) is 5.32 Å². The molecule has 0 radical (unpaired) electrons. The highest BCUT2D eigenvalue weighted by molar-refractivity contribution is 5.48. The summed E-state index contributed by atoms with van der Waals surface area (Å²) in [4.78, 5) is 10.6. The number of benzene rings is 1. The molecular formula is C15H24N2O3. The quantitative estimate of drug-likeness (QED) is 0.556. The minimum atomic E-state index is -0.394. The van der Waals surface area contributed by atoms with Crippen LogP contribution in [0.15, 0.2) is 18.2 Å². The molecule has 1 atom stereocenters. The fraction of sp³-hybridized carbons (Fsp3) is 0.600. The molecular weight excluding hydrogens is 256 g/mol. The molecule has 0 aliphatic rings. The molecule has 0 fully saturated rings. The summed E-state index contributed by atoms with van der Waals surface area (Å²) < 4.78 is 5.01. The lowest BCUT2D eigenvalue weighted by atomic mass is 10.0. The Kier molecular flexibility index (Phi) is 7.01. The Bertz CT molecular complexity index is 435. The molecule has 20 heavy (non-hydrogen) atoms. The highest BCUT2D eigenvalue weighted by Crippen LogP contribution is 2.28. The zero-order valence-electron chi connectivity index (χ0n) is 12.5. The van der Waals surface area contributed by atoms with Crippen molar-refractivity contribution in [3.05, 3.63) is 33.9 Å². The molecule has 0 aromatic heterocycles. The van der Waals surface area contributed by atoms with Gasteiger partial charge in [0.1, 0.15) is 0 Å². The Balaban J connectivity index is 2.68. The van der Waals surface area contributed by atoms with E-state index in [9.17, 15) is 10.1 Å². The molecule has 5 nitrogen and oxygen atoms in total. The van der Waals surface area contributed by atoms with Gasteiger partial charge in [0.2, 0.25) is 0 Å². The first-order valence-electron chi connectivity index (χ1n) is 7.17. The minimum Gasteiger partial charge on any atom is -0.490 e. The first-order valence-corrected chi connectivity index (χ1v) is 7.17. The summed E-state index contributed by atoms with van der Waals surface area (Å²) in [6.45, 7) is 5.32. The van der Waals surface area contributed by atoms with Gasteiger partial charge in [0.25, 0.3) is 0 Å². The lowest BCUT2D eigenvalue weighted by molar-refractivity contribution is -0.385. The van der Waals surface area contributed by atoms with E-state index in [-0.39, 0.29) is 5.69 Å². The second-order valence-electron chi connectivity index (χ2n) is 4.86. The van der Waals surface area contributed by atoms with Crippen molar-refractivity contribution in [2.45, 2.75) is 45.6 Å². The van der Waals surface area contributed by atoms with Gasteiger partial charge in [0.15, 0.2) is 5.75 Å². The van der Waals surface area contributed by atoms with Crippen LogP contribution in [0.3, 0.4) is 0 Å². The smallest absolute Gasteiger partial charge is 0.311 e. The monoisotopic (exact) mass is 280 g/mol. The van der Waals surface area contributed by atoms with Crippen LogP contribution in [0.4, 0.5) is 5.69 Å². The van der Waals surface area contributed by atoms with Crippen LogP contribution in [0.2, 0.25) is 0 Å². The van der Waals surface area contributed by atoms with Gasteiger partial charge in [-0.25, -0.2) is 0 Å². The summed E-state index contributed by atoms with van der Waals surface area (Å²) in [5.41, 5.74) is 1.02. The summed E-state index contributed by atoms with van der Waals surface area (Å²) in [5.74, 6) is 0.315. The Morgan fingerprint density at radius 1 is 1.40 bits per heavy atom. The van der Waals surface area contributed by atoms with Crippen LogP contribution >= 0.6 is 0 Å². The lowest BCUT2D eigenvalue weighted by Crippen LogP contribution is -2.29. The summed E-state index contributed by atoms with van der Waals surface area (Å²) in [6.07, 6.45) is 4.00. The Morgan fingerprint density at radius 3 is 2.70 bits per heavy atom. The van der Waals surface area contributed by atoms with Crippen LogP contribution in [0.25, 0.3) is 0 Å². The van der Waals surface area contributed by atoms with Crippen LogP contribution < -0.4 is 10.1 Å². The fourth-order valence-electron chi connectivity index (χ4n) is 2.17. The molecule has 0 amide bonds. The van der Waals surface area contributed by atoms with Gasteiger partial charge in [0.05, 0.1) is 12.0 Å². The normalized spacial score (nSPS) is 12.2. The van der Waals surface area contributed by atoms with Crippen LogP contribution in [-0.2, 0) is 6.42 Å². The second-order valence-corrected chi connectivity index (χ2v) is 4.86. The second kappa shape index (κ2) is 8.53. The zero-order valence-corrected chi connectivity index (χ0v) is 12.5. The molecule has 1 aromatic rings. The number of nitro benzene ring substituents is 1. The fourth-order valence-corrected chi connectivity index (χ4v) is 2.17. The van der Waals surface area contributed by atoms with Gasteiger partial charge in [0, 0.05) is 12.1 Å². The SMILES string of the molecule is CCCNC(CC)CCc1ccc(OC)c([N+](=O)[O-])c1. The molecule has 1 rings (SSSR count). The van der Waals surface area contributed by atoms with Crippen LogP contribution in [-0.4, -0.2) is 24.6 Å². The van der Waals surface area contributed by atoms with E-state index >= 15 is 0 Å². The van der Waals surface area contributed by atoms with Gasteiger partial charge >= 0.3 is 5.69 Å². The highest BCUT2D eigenvalue weighted by atomic mass is 16.6. The largest absolute Gasteiger partial charge is 0.490 e. The van der Waals surface area contributed by atoms with E-state index in [0.717, 1.165) is 37.8 Å². The van der Waals surface area contributed by atoms with Crippen molar-refractivity contribution >= 4 is 5.69 Å². The summed E-state index contributed by atoms with van der Waals surface area (Å²) in [7, 11) is 1.45. The molecule has 0 aliphatic heterocycles. The van der Waals surface area contributed by atoms with E-state index < -0.39 is 4.92 Å². The van der Waals surface area contributed by atoms with Crippen molar-refractivity contribution in [3.8, 4) is 5.75 Å². The van der Waals surface area contributed by atoms with E-state index in [1.54, 1.807) is 12.1 Å². The van der Waals surface area contributed by atoms with Gasteiger partial charge < -0.3 is 10.1 Å². The molecule has 5 heteroatoms. The summed E-state index contributed by atoms with van der Waals surface area (Å²) in [5, 5.41) is 14.5. The number of ether oxygens (including phenoxy) is 1. The van der Waals surface area contributed by atoms with E-state index in [1.165, 1.54) is 7.11 Å². The van der Waals surface area contributed by atoms with Gasteiger partial charge in [-0.05, 0) is 43.9 Å². The third-order valence-electron chi connectivity index (χ3n) is 3.40. The van der Waals surface area contributed by atoms with Crippen LogP contribution in [0, 0.1) is 10.1 Å². The van der Waals surface area contributed by atoms with Crippen molar-refractivity contribution in [1.29, 1.82) is 0 Å². The van der Waals surface area contributed by atoms with Gasteiger partial charge in [-0.3, -0.25) is 10.1 Å². The number of nitrogens with zero attached hydrogens (tertiary/aromatic N) is 1. The minimum absolute atomic E-state index is 0.0413. The average molecular weight is 280 g/mol. The molecule has 0 heterocycles. The molecule has 1 aromatic carbocycles. The number of methoxy groups -OCH3 is 1. The predicted octanol–water partition coefficient (Wildman–Crippen LogP) is 3.31. The van der Waals surface area contributed by atoms with E-state index in [4.69, 9.17) is 4.74 Å². The van der Waals surface area contributed by atoms with E-state index in [0.29, 0.717) is 11.8 Å². The molecule has 0 spiro atoms. The third-order valence-corrected chi connectivity index (χ3v) is 3.40. The zero-order chi connectivity index (χ0) is 15.0. The first kappa shape index (κ1) is 16.4. The third kappa shape index (κ3) is 4.81. The van der Waals surface area contributed by atoms with Crippen LogP contribution in [0.5, 0.6) is 5.75 Å². The molecule has 1 N–H and O–H groups in total. The first-order chi connectivity index (χ1) is 9.62. The molecule has 0 aliphatic carbocycles. The number of nitrogens with one attached hydrogen (secondary N) is 1. The number of hydrogen-bond donors (Lipinski definition) is 1. The number of rotatable bonds is 9. The molecule has 0 bridgehead atoms. The number of hydrogen-bond acceptors (Lipinski definition) is 4. The van der Waals surface area contributed by atoms with Gasteiger partial charge in [-0.2, -0.15) is 0 Å². The molecule has 1 unspecified atom stereocenters. The predicted molar refractivity (Wildman–Crippen MR) is 80.3 cm³/mol. The van der Waals surface area contributed by atoms with Gasteiger partial charge in [-0.1, -0.05) is 19.9 Å². The van der Waals surface area contributed by atoms with Crippen molar-refractivity contribution in [2.75, 3.05) is 13.7 Å². The molecule has 112 valence electrons. The maximum atomic E-state index is 11.0. The Morgan fingerprint density at radius 2 is 2.15 bits per heavy atom. The van der Waals surface area contributed by atoms with Crippen molar-refractivity contribution < 1.29 is 9.66 Å². The van der Waals surface area contributed by atoms with Gasteiger partial charge in [-0.15, -0.1) is 0 Å². The lowest BCUT2D eigenvalue weighted by Gasteiger charge is -2.16. The number of nitro groups is 1. The van der Waals surface area contributed by atoms with Crippen molar-refractivity contribution in [3.63, 3.8) is 0 Å². The average Bonchev–Trinajstić information content (AvgIpc) is 2.47. The Labute approximate surface area is 120 Å². The summed E-state index contributed by atoms with van der Waals surface area (Å²) >= 11 is 0. The maximum Gasteiger partial charge on any atom is 0.311 e. The van der Waals surface area contributed by atoms with E-state index in [1.807, 2.05) is 6.07 Å². The van der Waals surface area contributed by atoms with Crippen LogP contribution in [0.1, 0.15) is 38.7 Å². The Hall–Kier alpha value is -1.62.